The van der Waals surface area contributed by atoms with Gasteiger partial charge < -0.3 is 36.2 Å². The number of anilines is 1. The van der Waals surface area contributed by atoms with Gasteiger partial charge in [0.2, 0.25) is 5.78 Å². The number of nitrogens with two attached hydrogens (primary N) is 2. The second-order valence-corrected chi connectivity index (χ2v) is 7.39. The van der Waals surface area contributed by atoms with Crippen LogP contribution in [0.5, 0.6) is 10.8 Å². The number of benzene rings is 1. The van der Waals surface area contributed by atoms with Crippen LogP contribution in [0.4, 0.5) is 10.5 Å². The number of hydrogen-bond donors (Lipinski definition) is 5. The van der Waals surface area contributed by atoms with Crippen molar-refractivity contribution in [2.75, 3.05) is 18.5 Å². The van der Waals surface area contributed by atoms with E-state index in [2.05, 4.69) is 5.32 Å². The Balaban J connectivity index is 0.00000155. The summed E-state index contributed by atoms with van der Waals surface area (Å²) in [6.07, 6.45) is -0.829. The van der Waals surface area contributed by atoms with E-state index in [1.807, 2.05) is 13.8 Å². The van der Waals surface area contributed by atoms with Crippen LogP contribution in [0.25, 0.3) is 11.0 Å². The molecule has 3 aromatic rings. The van der Waals surface area contributed by atoms with Gasteiger partial charge in [-0.05, 0) is 12.1 Å². The Morgan fingerprint density at radius 3 is 2.60 bits per heavy atom. The lowest BCUT2D eigenvalue weighted by Crippen LogP contribution is -2.26. The van der Waals surface area contributed by atoms with E-state index in [0.717, 1.165) is 11.3 Å². The van der Waals surface area contributed by atoms with Gasteiger partial charge in [0, 0.05) is 24.1 Å². The number of amides is 2. The number of ketones is 1. The summed E-state index contributed by atoms with van der Waals surface area (Å²) in [6.45, 7) is 4.02. The van der Waals surface area contributed by atoms with Gasteiger partial charge in [-0.25, -0.2) is 4.79 Å². The van der Waals surface area contributed by atoms with E-state index in [4.69, 9.17) is 32.2 Å². The van der Waals surface area contributed by atoms with E-state index >= 15 is 0 Å². The SMILES string of the molecule is CC.NCC(O)COc1ccc2c(NC(N)=O)c(C(=O)c3cc(O)sc3Cl)oc2c1. The lowest BCUT2D eigenvalue weighted by Gasteiger charge is -2.09. The first-order valence-electron chi connectivity index (χ1n) is 8.97. The largest absolute Gasteiger partial charge is 0.499 e. The Morgan fingerprint density at radius 1 is 1.33 bits per heavy atom. The Bertz CT molecular complexity index is 1050. The van der Waals surface area contributed by atoms with Crippen molar-refractivity contribution < 1.29 is 29.0 Å². The molecule has 0 aliphatic rings. The van der Waals surface area contributed by atoms with Gasteiger partial charge in [0.1, 0.15) is 34.1 Å². The van der Waals surface area contributed by atoms with Crippen molar-refractivity contribution in [3.63, 3.8) is 0 Å². The molecule has 162 valence electrons. The Hall–Kier alpha value is -2.79. The summed E-state index contributed by atoms with van der Waals surface area (Å²) in [6, 6.07) is 4.96. The van der Waals surface area contributed by atoms with Crippen LogP contribution in [0.3, 0.4) is 0 Å². The molecule has 30 heavy (non-hydrogen) atoms. The predicted molar refractivity (Wildman–Crippen MR) is 116 cm³/mol. The van der Waals surface area contributed by atoms with Crippen molar-refractivity contribution in [1.29, 1.82) is 0 Å². The number of primary amides is 1. The Morgan fingerprint density at radius 2 is 2.03 bits per heavy atom. The molecule has 9 nitrogen and oxygen atoms in total. The van der Waals surface area contributed by atoms with E-state index in [-0.39, 0.29) is 45.1 Å². The molecule has 0 saturated heterocycles. The van der Waals surface area contributed by atoms with Gasteiger partial charge in [-0.1, -0.05) is 36.8 Å². The highest BCUT2D eigenvalue weighted by atomic mass is 35.5. The molecule has 2 amide bonds. The third-order valence-corrected chi connectivity index (χ3v) is 4.91. The first-order valence-corrected chi connectivity index (χ1v) is 10.2. The van der Waals surface area contributed by atoms with Crippen LogP contribution in [0.2, 0.25) is 4.34 Å². The number of rotatable bonds is 7. The van der Waals surface area contributed by atoms with Gasteiger partial charge >= 0.3 is 6.03 Å². The van der Waals surface area contributed by atoms with Crippen molar-refractivity contribution in [2.45, 2.75) is 20.0 Å². The second-order valence-electron chi connectivity index (χ2n) is 5.76. The molecule has 2 heterocycles. The van der Waals surface area contributed by atoms with Crippen molar-refractivity contribution in [3.8, 4) is 10.8 Å². The van der Waals surface area contributed by atoms with Gasteiger partial charge in [0.25, 0.3) is 0 Å². The highest BCUT2D eigenvalue weighted by Crippen LogP contribution is 2.38. The fourth-order valence-electron chi connectivity index (χ4n) is 2.47. The molecule has 1 aromatic carbocycles. The number of urea groups is 1. The van der Waals surface area contributed by atoms with Crippen molar-refractivity contribution >= 4 is 51.4 Å². The van der Waals surface area contributed by atoms with E-state index < -0.39 is 17.9 Å². The molecule has 0 saturated carbocycles. The molecule has 0 fully saturated rings. The van der Waals surface area contributed by atoms with E-state index in [9.17, 15) is 19.8 Å². The van der Waals surface area contributed by atoms with Crippen LogP contribution in [0.1, 0.15) is 30.0 Å². The lowest BCUT2D eigenvalue weighted by molar-refractivity contribution is 0.101. The second kappa shape index (κ2) is 10.3. The van der Waals surface area contributed by atoms with Crippen LogP contribution in [0.15, 0.2) is 28.7 Å². The Kier molecular flexibility index (Phi) is 8.07. The number of hydrogen-bond acceptors (Lipinski definition) is 8. The van der Waals surface area contributed by atoms with Crippen LogP contribution in [0, 0.1) is 0 Å². The fraction of sp³-hybridized carbons (Fsp3) is 0.263. The summed E-state index contributed by atoms with van der Waals surface area (Å²) in [5, 5.41) is 21.7. The average Bonchev–Trinajstić information content (AvgIpc) is 3.25. The number of nitrogens with one attached hydrogen (secondary N) is 1. The molecule has 0 radical (unpaired) electrons. The molecule has 0 spiro atoms. The van der Waals surface area contributed by atoms with E-state index in [1.54, 1.807) is 12.1 Å². The smallest absolute Gasteiger partial charge is 0.316 e. The van der Waals surface area contributed by atoms with Crippen LogP contribution in [-0.2, 0) is 0 Å². The van der Waals surface area contributed by atoms with Crippen LogP contribution >= 0.6 is 22.9 Å². The Labute approximate surface area is 181 Å². The molecule has 2 aromatic heterocycles. The van der Waals surface area contributed by atoms with Crippen molar-refractivity contribution in [2.24, 2.45) is 11.5 Å². The highest BCUT2D eigenvalue weighted by Gasteiger charge is 2.26. The number of aliphatic hydroxyl groups is 1. The highest BCUT2D eigenvalue weighted by molar-refractivity contribution is 7.18. The van der Waals surface area contributed by atoms with Gasteiger partial charge in [-0.2, -0.15) is 0 Å². The van der Waals surface area contributed by atoms with Crippen molar-refractivity contribution in [3.05, 3.63) is 39.9 Å². The van der Waals surface area contributed by atoms with Crippen LogP contribution < -0.4 is 21.5 Å². The standard InChI is InChI=1S/C17H16ClN3O6S.C2H6/c18-16-10(4-12(23)28-16)14(24)15-13(21-17(20)25)9-2-1-8(3-11(9)27-15)26-6-7(22)5-19;1-2/h1-4,7,22-23H,5-6,19H2,(H3,20,21,25);1-2H3. The predicted octanol–water partition coefficient (Wildman–Crippen LogP) is 3.30. The third kappa shape index (κ3) is 5.22. The topological polar surface area (TPSA) is 161 Å². The number of aromatic hydroxyl groups is 1. The summed E-state index contributed by atoms with van der Waals surface area (Å²) < 4.78 is 11.1. The maximum Gasteiger partial charge on any atom is 0.316 e. The lowest BCUT2D eigenvalue weighted by atomic mass is 10.1. The van der Waals surface area contributed by atoms with Gasteiger partial charge in [0.15, 0.2) is 10.8 Å². The molecule has 0 aliphatic carbocycles. The number of thiophene rings is 1. The number of carbonyl (C=O) groups excluding carboxylic acids is 2. The summed E-state index contributed by atoms with van der Waals surface area (Å²) in [4.78, 5) is 24.2. The molecule has 1 atom stereocenters. The van der Waals surface area contributed by atoms with Gasteiger partial charge in [-0.15, -0.1) is 0 Å². The number of ether oxygens (including phenoxy) is 1. The third-order valence-electron chi connectivity index (χ3n) is 3.75. The number of aliphatic hydroxyl groups excluding tert-OH is 1. The summed E-state index contributed by atoms with van der Waals surface area (Å²) >= 11 is 6.81. The zero-order valence-corrected chi connectivity index (χ0v) is 17.8. The quantitative estimate of drug-likeness (QED) is 0.341. The first-order chi connectivity index (χ1) is 14.3. The van der Waals surface area contributed by atoms with Gasteiger partial charge in [-0.3, -0.25) is 4.79 Å². The van der Waals surface area contributed by atoms with E-state index in [1.165, 1.54) is 12.1 Å². The number of furan rings is 1. The molecular weight excluding hydrogens is 434 g/mol. The summed E-state index contributed by atoms with van der Waals surface area (Å²) in [7, 11) is 0. The zero-order valence-electron chi connectivity index (χ0n) is 16.3. The zero-order chi connectivity index (χ0) is 22.4. The molecule has 7 N–H and O–H groups in total. The molecule has 0 bridgehead atoms. The van der Waals surface area contributed by atoms with Gasteiger partial charge in [0.05, 0.1) is 5.56 Å². The molecule has 0 aliphatic heterocycles. The molecule has 11 heteroatoms. The maximum atomic E-state index is 12.8. The fourth-order valence-corrected chi connectivity index (χ4v) is 3.47. The van der Waals surface area contributed by atoms with Crippen molar-refractivity contribution in [1.82, 2.24) is 0 Å². The molecular formula is C19H22ClN3O6S. The first kappa shape index (κ1) is 23.5. The minimum Gasteiger partial charge on any atom is -0.499 e. The number of carbonyl (C=O) groups is 2. The summed E-state index contributed by atoms with van der Waals surface area (Å²) in [5.74, 6) is -0.472. The number of halogens is 1. The normalized spacial score (nSPS) is 11.5. The minimum atomic E-state index is -0.887. The minimum absolute atomic E-state index is 0.0231. The number of fused-ring (bicyclic) bond motifs is 1. The summed E-state index contributed by atoms with van der Waals surface area (Å²) in [5.41, 5.74) is 10.9. The van der Waals surface area contributed by atoms with E-state index in [0.29, 0.717) is 11.1 Å². The average molecular weight is 456 g/mol. The molecule has 3 rings (SSSR count). The maximum absolute atomic E-state index is 12.8. The van der Waals surface area contributed by atoms with Crippen LogP contribution in [-0.4, -0.2) is 41.3 Å². The monoisotopic (exact) mass is 455 g/mol. The molecule has 1 unspecified atom stereocenters.